The lowest BCUT2D eigenvalue weighted by molar-refractivity contribution is -0.181. The Bertz CT molecular complexity index is 1540. The second kappa shape index (κ2) is 10.5. The smallest absolute Gasteiger partial charge is 0.235 e. The number of phenols is 1. The van der Waals surface area contributed by atoms with Crippen LogP contribution < -0.4 is 11.1 Å². The molecule has 6 atom stereocenters. The van der Waals surface area contributed by atoms with Crippen LogP contribution in [0.5, 0.6) is 5.75 Å². The van der Waals surface area contributed by atoms with Gasteiger partial charge in [-0.05, 0) is 67.7 Å². The summed E-state index contributed by atoms with van der Waals surface area (Å²) in [6.07, 6.45) is 0.0679. The third-order valence-corrected chi connectivity index (χ3v) is 9.00. The fourth-order valence-electron chi connectivity index (χ4n) is 7.07. The van der Waals surface area contributed by atoms with Gasteiger partial charge in [0.25, 0.3) is 0 Å². The number of benzene rings is 2. The van der Waals surface area contributed by atoms with E-state index >= 15 is 0 Å². The number of halogens is 1. The van der Waals surface area contributed by atoms with Gasteiger partial charge in [-0.2, -0.15) is 0 Å². The number of hydrogen-bond acceptors (Lipinski definition) is 9. The minimum Gasteiger partial charge on any atom is -0.507 e. The third-order valence-electron chi connectivity index (χ3n) is 9.00. The van der Waals surface area contributed by atoms with Crippen LogP contribution in [0.4, 0.5) is 4.39 Å². The molecule has 2 unspecified atom stereocenters. The molecule has 0 radical (unpaired) electrons. The summed E-state index contributed by atoms with van der Waals surface area (Å²) in [6.45, 7) is 4.15. The van der Waals surface area contributed by atoms with Crippen LogP contribution in [0.2, 0.25) is 0 Å². The number of amides is 1. The van der Waals surface area contributed by atoms with Gasteiger partial charge in [-0.1, -0.05) is 26.0 Å². The predicted octanol–water partition coefficient (Wildman–Crippen LogP) is 1.17. The van der Waals surface area contributed by atoms with Gasteiger partial charge < -0.3 is 21.3 Å². The van der Waals surface area contributed by atoms with Crippen molar-refractivity contribution < 1.29 is 38.6 Å². The fraction of sp³-hybridized carbons (Fsp3) is 0.452. The molecule has 1 amide bonds. The quantitative estimate of drug-likeness (QED) is 0.367. The normalized spacial score (nSPS) is 29.0. The highest BCUT2D eigenvalue weighted by molar-refractivity contribution is 6.32. The number of Topliss-reactive ketones (excluding diaryl/α,β-unsaturated/α-hetero) is 4. The number of primary amides is 1. The van der Waals surface area contributed by atoms with Gasteiger partial charge in [-0.25, -0.2) is 4.39 Å². The number of ketones is 4. The van der Waals surface area contributed by atoms with E-state index in [1.54, 1.807) is 18.2 Å². The van der Waals surface area contributed by atoms with Crippen LogP contribution in [0.3, 0.4) is 0 Å². The first-order valence-electron chi connectivity index (χ1n) is 13.9. The molecule has 10 nitrogen and oxygen atoms in total. The minimum absolute atomic E-state index is 0.0496. The number of nitrogens with one attached hydrogen (secondary N) is 1. The van der Waals surface area contributed by atoms with Crippen molar-refractivity contribution in [3.8, 4) is 16.9 Å². The van der Waals surface area contributed by atoms with Crippen molar-refractivity contribution in [1.29, 1.82) is 0 Å². The van der Waals surface area contributed by atoms with Gasteiger partial charge in [-0.3, -0.25) is 28.9 Å². The molecule has 0 spiro atoms. The Labute approximate surface area is 242 Å². The highest BCUT2D eigenvalue weighted by Crippen LogP contribution is 2.51. The summed E-state index contributed by atoms with van der Waals surface area (Å²) in [6, 6.07) is 6.47. The molecular formula is C31H34FN3O7. The molecule has 2 aromatic carbocycles. The molecule has 0 aromatic heterocycles. The van der Waals surface area contributed by atoms with E-state index in [1.807, 2.05) is 13.8 Å². The molecule has 5 N–H and O–H groups in total. The summed E-state index contributed by atoms with van der Waals surface area (Å²) in [4.78, 5) is 68.1. The Morgan fingerprint density at radius 2 is 1.83 bits per heavy atom. The van der Waals surface area contributed by atoms with Gasteiger partial charge in [0.1, 0.15) is 11.6 Å². The van der Waals surface area contributed by atoms with Crippen molar-refractivity contribution in [3.05, 3.63) is 52.8 Å². The topological polar surface area (TPSA) is 167 Å². The van der Waals surface area contributed by atoms with Gasteiger partial charge >= 0.3 is 0 Å². The van der Waals surface area contributed by atoms with Crippen LogP contribution >= 0.6 is 0 Å². The van der Waals surface area contributed by atoms with Gasteiger partial charge in [0.15, 0.2) is 34.7 Å². The molecule has 2 aromatic rings. The van der Waals surface area contributed by atoms with Crippen LogP contribution in [0.1, 0.15) is 41.8 Å². The van der Waals surface area contributed by atoms with Crippen molar-refractivity contribution in [2.45, 2.75) is 50.9 Å². The number of nitrogens with two attached hydrogens (primary N) is 1. The Kier molecular flexibility index (Phi) is 7.41. The number of carbonyl (C=O) groups excluding carboxylic acids is 5. The largest absolute Gasteiger partial charge is 0.507 e. The lowest BCUT2D eigenvalue weighted by Crippen LogP contribution is -2.74. The van der Waals surface area contributed by atoms with Crippen LogP contribution in [0.15, 0.2) is 30.3 Å². The summed E-state index contributed by atoms with van der Waals surface area (Å²) in [7, 11) is 3.07. The van der Waals surface area contributed by atoms with E-state index in [-0.39, 0.29) is 36.7 Å². The number of nitrogens with zero attached hydrogens (tertiary/aromatic N) is 1. The fourth-order valence-corrected chi connectivity index (χ4v) is 7.07. The molecule has 5 rings (SSSR count). The Morgan fingerprint density at radius 1 is 1.14 bits per heavy atom. The molecule has 2 saturated carbocycles. The van der Waals surface area contributed by atoms with Crippen LogP contribution in [0, 0.1) is 29.5 Å². The number of phenolic OH excluding ortho intramolecular Hbond substituents is 1. The van der Waals surface area contributed by atoms with Gasteiger partial charge in [-0.15, -0.1) is 0 Å². The molecule has 0 bridgehead atoms. The first-order chi connectivity index (χ1) is 19.7. The van der Waals surface area contributed by atoms with Crippen molar-refractivity contribution in [2.24, 2.45) is 29.4 Å². The maximum absolute atomic E-state index is 14.6. The zero-order valence-electron chi connectivity index (χ0n) is 23.8. The first-order valence-corrected chi connectivity index (χ1v) is 13.9. The molecule has 3 aliphatic rings. The number of carbonyl (C=O) groups is 5. The van der Waals surface area contributed by atoms with E-state index in [0.717, 1.165) is 0 Å². The van der Waals surface area contributed by atoms with Gasteiger partial charge in [0.05, 0.1) is 17.5 Å². The molecule has 222 valence electrons. The summed E-state index contributed by atoms with van der Waals surface area (Å²) in [5.74, 6) is -11.4. The second-order valence-electron chi connectivity index (χ2n) is 12.1. The van der Waals surface area contributed by atoms with Crippen molar-refractivity contribution in [1.82, 2.24) is 10.2 Å². The first kappa shape index (κ1) is 29.7. The number of rotatable bonds is 6. The number of fused-ring (bicyclic) bond motifs is 3. The Hall–Kier alpha value is -3.80. The average molecular weight is 580 g/mol. The number of likely N-dealkylation sites (N-methyl/N-ethyl adjacent to an activating group) is 1. The van der Waals surface area contributed by atoms with E-state index in [1.165, 1.54) is 31.1 Å². The minimum atomic E-state index is -2.78. The highest BCUT2D eigenvalue weighted by Gasteiger charge is 2.69. The summed E-state index contributed by atoms with van der Waals surface area (Å²) < 4.78 is 14.6. The SMILES string of the molecule is CC(C)NCc1cc(-c2ccc(O)c3c2C[C@H]2C[C@H]4[C@H](N(C)C)C(=O)C(C(N)=O)C(=O)[C@@]4(O)C(=O)C2C3=O)ccc1F. The Morgan fingerprint density at radius 3 is 2.45 bits per heavy atom. The maximum atomic E-state index is 14.6. The zero-order chi connectivity index (χ0) is 30.8. The monoisotopic (exact) mass is 579 g/mol. The molecule has 0 heterocycles. The van der Waals surface area contributed by atoms with Crippen molar-refractivity contribution in [3.63, 3.8) is 0 Å². The summed E-state index contributed by atoms with van der Waals surface area (Å²) >= 11 is 0. The second-order valence-corrected chi connectivity index (χ2v) is 12.1. The van der Waals surface area contributed by atoms with Crippen LogP contribution in [-0.2, 0) is 32.1 Å². The molecule has 0 saturated heterocycles. The zero-order valence-corrected chi connectivity index (χ0v) is 23.8. The van der Waals surface area contributed by atoms with Gasteiger partial charge in [0, 0.05) is 24.1 Å². The molecular weight excluding hydrogens is 545 g/mol. The lowest BCUT2D eigenvalue weighted by atomic mass is 9.52. The number of hydrogen-bond donors (Lipinski definition) is 4. The summed E-state index contributed by atoms with van der Waals surface area (Å²) in [5.41, 5.74) is 4.52. The average Bonchev–Trinajstić information content (AvgIpc) is 2.90. The molecule has 0 aliphatic heterocycles. The standard InChI is InChI=1S/C31H34FN3O7/c1-13(2)34-12-16-9-14(5-7-20(16)32)17-6-8-21(36)23-18(17)10-15-11-19-25(35(3)4)27(38)24(30(33)41)29(40)31(19,42)28(39)22(15)26(23)37/h5-9,13,15,19,22,24-25,34,36,42H,10-12H2,1-4H3,(H2,33,41)/t15-,19-,22?,24?,25-,31-/m0/s1. The molecule has 42 heavy (non-hydrogen) atoms. The third kappa shape index (κ3) is 4.38. The van der Waals surface area contributed by atoms with E-state index in [2.05, 4.69) is 5.32 Å². The number of aliphatic hydroxyl groups is 1. The number of aromatic hydroxyl groups is 1. The van der Waals surface area contributed by atoms with E-state index in [9.17, 15) is 38.6 Å². The van der Waals surface area contributed by atoms with Gasteiger partial charge in [0.2, 0.25) is 5.91 Å². The molecule has 11 heteroatoms. The molecule has 3 aliphatic carbocycles. The maximum Gasteiger partial charge on any atom is 0.235 e. The lowest BCUT2D eigenvalue weighted by Gasteiger charge is -2.52. The van der Waals surface area contributed by atoms with E-state index in [4.69, 9.17) is 5.73 Å². The van der Waals surface area contributed by atoms with Crippen molar-refractivity contribution in [2.75, 3.05) is 14.1 Å². The predicted molar refractivity (Wildman–Crippen MR) is 149 cm³/mol. The van der Waals surface area contributed by atoms with Crippen LogP contribution in [-0.4, -0.2) is 75.9 Å². The van der Waals surface area contributed by atoms with Crippen LogP contribution in [0.25, 0.3) is 11.1 Å². The van der Waals surface area contributed by atoms with E-state index in [0.29, 0.717) is 22.3 Å². The van der Waals surface area contributed by atoms with Crippen molar-refractivity contribution >= 4 is 29.0 Å². The Balaban J connectivity index is 1.62. The molecule has 2 fully saturated rings. The summed E-state index contributed by atoms with van der Waals surface area (Å²) in [5, 5.41) is 25.7. The highest BCUT2D eigenvalue weighted by atomic mass is 19.1. The van der Waals surface area contributed by atoms with E-state index < -0.39 is 70.2 Å².